The summed E-state index contributed by atoms with van der Waals surface area (Å²) in [5, 5.41) is 8.62. The molecular formula is C15H20FNO3S. The van der Waals surface area contributed by atoms with Crippen molar-refractivity contribution >= 4 is 10.0 Å². The highest BCUT2D eigenvalue weighted by molar-refractivity contribution is 7.89. The minimum absolute atomic E-state index is 0.0803. The maximum absolute atomic E-state index is 13.9. The maximum Gasteiger partial charge on any atom is 0.243 e. The van der Waals surface area contributed by atoms with E-state index in [0.29, 0.717) is 6.54 Å². The maximum atomic E-state index is 13.9. The quantitative estimate of drug-likeness (QED) is 0.846. The van der Waals surface area contributed by atoms with E-state index in [-0.39, 0.29) is 29.5 Å². The Kier molecular flexibility index (Phi) is 6.34. The van der Waals surface area contributed by atoms with E-state index in [4.69, 9.17) is 5.11 Å². The van der Waals surface area contributed by atoms with Crippen LogP contribution in [0.2, 0.25) is 0 Å². The van der Waals surface area contributed by atoms with Crippen molar-refractivity contribution in [3.63, 3.8) is 0 Å². The predicted octanol–water partition coefficient (Wildman–Crippen LogP) is 1.98. The Morgan fingerprint density at radius 2 is 2.05 bits per heavy atom. The number of hydrogen-bond acceptors (Lipinski definition) is 3. The minimum atomic E-state index is -3.71. The van der Waals surface area contributed by atoms with Gasteiger partial charge in [-0.05, 0) is 32.0 Å². The molecule has 0 saturated heterocycles. The first-order valence-corrected chi connectivity index (χ1v) is 8.19. The second-order valence-corrected chi connectivity index (χ2v) is 6.61. The zero-order valence-corrected chi connectivity index (χ0v) is 13.2. The molecule has 0 spiro atoms. The van der Waals surface area contributed by atoms with Crippen LogP contribution >= 0.6 is 0 Å². The highest BCUT2D eigenvalue weighted by Crippen LogP contribution is 2.20. The van der Waals surface area contributed by atoms with Crippen LogP contribution in [0.4, 0.5) is 4.39 Å². The molecular weight excluding hydrogens is 293 g/mol. The normalized spacial score (nSPS) is 11.6. The van der Waals surface area contributed by atoms with Gasteiger partial charge in [-0.1, -0.05) is 18.8 Å². The third-order valence-electron chi connectivity index (χ3n) is 2.89. The molecule has 0 aliphatic rings. The van der Waals surface area contributed by atoms with Crippen molar-refractivity contribution in [1.29, 1.82) is 0 Å². The zero-order chi connectivity index (χ0) is 16.0. The summed E-state index contributed by atoms with van der Waals surface area (Å²) in [4.78, 5) is -0.0803. The van der Waals surface area contributed by atoms with E-state index in [0.717, 1.165) is 6.07 Å². The van der Waals surface area contributed by atoms with Crippen molar-refractivity contribution in [1.82, 2.24) is 4.31 Å². The average Bonchev–Trinajstić information content (AvgIpc) is 2.40. The Morgan fingerprint density at radius 1 is 1.38 bits per heavy atom. The summed E-state index contributed by atoms with van der Waals surface area (Å²) in [6.07, 6.45) is 0.246. The van der Waals surface area contributed by atoms with Crippen LogP contribution in [0.25, 0.3) is 0 Å². The van der Waals surface area contributed by atoms with E-state index < -0.39 is 15.8 Å². The lowest BCUT2D eigenvalue weighted by Gasteiger charge is -2.24. The molecule has 116 valence electrons. The number of aliphatic hydroxyl groups is 1. The van der Waals surface area contributed by atoms with Crippen LogP contribution in [0.15, 0.2) is 23.1 Å². The van der Waals surface area contributed by atoms with Crippen LogP contribution in [-0.4, -0.2) is 37.0 Å². The molecule has 0 heterocycles. The van der Waals surface area contributed by atoms with Gasteiger partial charge in [-0.2, -0.15) is 4.31 Å². The second kappa shape index (κ2) is 7.55. The molecule has 0 aromatic heterocycles. The van der Waals surface area contributed by atoms with Gasteiger partial charge in [-0.3, -0.25) is 0 Å². The van der Waals surface area contributed by atoms with Crippen LogP contribution in [0.1, 0.15) is 32.8 Å². The molecule has 0 bridgehead atoms. The molecule has 0 atom stereocenters. The molecule has 0 aliphatic carbocycles. The summed E-state index contributed by atoms with van der Waals surface area (Å²) in [7, 11) is -3.71. The van der Waals surface area contributed by atoms with E-state index in [1.165, 1.54) is 16.4 Å². The molecule has 21 heavy (non-hydrogen) atoms. The third kappa shape index (κ3) is 4.27. The van der Waals surface area contributed by atoms with Gasteiger partial charge in [0, 0.05) is 19.0 Å². The fourth-order valence-corrected chi connectivity index (χ4v) is 3.58. The monoisotopic (exact) mass is 313 g/mol. The highest BCUT2D eigenvalue weighted by Gasteiger charge is 2.26. The van der Waals surface area contributed by atoms with Gasteiger partial charge in [0.15, 0.2) is 0 Å². The molecule has 0 saturated carbocycles. The van der Waals surface area contributed by atoms with E-state index in [1.54, 1.807) is 20.8 Å². The first-order chi connectivity index (χ1) is 9.84. The Bertz CT molecular complexity index is 645. The van der Waals surface area contributed by atoms with Gasteiger partial charge in [0.2, 0.25) is 10.0 Å². The fourth-order valence-electron chi connectivity index (χ4n) is 1.92. The predicted molar refractivity (Wildman–Crippen MR) is 79.7 cm³/mol. The van der Waals surface area contributed by atoms with Crippen molar-refractivity contribution in [2.45, 2.75) is 38.1 Å². The number of rotatable bonds is 5. The molecule has 0 unspecified atom stereocenters. The van der Waals surface area contributed by atoms with E-state index >= 15 is 0 Å². The number of hydrogen-bond donors (Lipinski definition) is 1. The summed E-state index contributed by atoms with van der Waals surface area (Å²) < 4.78 is 40.1. The van der Waals surface area contributed by atoms with Crippen LogP contribution in [0, 0.1) is 17.7 Å². The number of sulfonamides is 1. The lowest BCUT2D eigenvalue weighted by molar-refractivity contribution is 0.305. The number of halogens is 1. The lowest BCUT2D eigenvalue weighted by Crippen LogP contribution is -2.36. The van der Waals surface area contributed by atoms with Gasteiger partial charge in [0.05, 0.1) is 17.1 Å². The first kappa shape index (κ1) is 17.6. The van der Waals surface area contributed by atoms with Gasteiger partial charge in [0.1, 0.15) is 5.82 Å². The summed E-state index contributed by atoms with van der Waals surface area (Å²) in [6.45, 7) is 5.50. The van der Waals surface area contributed by atoms with Crippen LogP contribution < -0.4 is 0 Å². The molecule has 6 heteroatoms. The molecule has 0 fully saturated rings. The fraction of sp³-hybridized carbons (Fsp3) is 0.467. The van der Waals surface area contributed by atoms with Crippen LogP contribution in [0.3, 0.4) is 0 Å². The Hall–Kier alpha value is -1.42. The molecule has 4 nitrogen and oxygen atoms in total. The Morgan fingerprint density at radius 3 is 2.52 bits per heavy atom. The third-order valence-corrected chi connectivity index (χ3v) is 5.04. The van der Waals surface area contributed by atoms with Gasteiger partial charge in [0.25, 0.3) is 0 Å². The Balaban J connectivity index is 3.17. The van der Waals surface area contributed by atoms with Crippen LogP contribution in [0.5, 0.6) is 0 Å². The van der Waals surface area contributed by atoms with Crippen molar-refractivity contribution in [3.05, 3.63) is 29.6 Å². The van der Waals surface area contributed by atoms with E-state index in [1.807, 2.05) is 0 Å². The molecule has 1 N–H and O–H groups in total. The Labute approximate surface area is 125 Å². The number of aliphatic hydroxyl groups excluding tert-OH is 1. The largest absolute Gasteiger partial charge is 0.395 e. The lowest BCUT2D eigenvalue weighted by atomic mass is 10.2. The van der Waals surface area contributed by atoms with Gasteiger partial charge < -0.3 is 5.11 Å². The van der Waals surface area contributed by atoms with Gasteiger partial charge in [-0.15, -0.1) is 0 Å². The van der Waals surface area contributed by atoms with Crippen molar-refractivity contribution in [2.75, 3.05) is 13.2 Å². The SMILES string of the molecule is CCN(C(C)C)S(=O)(=O)c1ccc(C#CCCO)c(F)c1. The summed E-state index contributed by atoms with van der Waals surface area (Å²) >= 11 is 0. The molecule has 0 radical (unpaired) electrons. The molecule has 1 rings (SSSR count). The zero-order valence-electron chi connectivity index (χ0n) is 12.4. The van der Waals surface area contributed by atoms with Gasteiger partial charge >= 0.3 is 0 Å². The summed E-state index contributed by atoms with van der Waals surface area (Å²) in [5.74, 6) is 4.49. The minimum Gasteiger partial charge on any atom is -0.395 e. The van der Waals surface area contributed by atoms with Crippen molar-refractivity contribution < 1.29 is 17.9 Å². The second-order valence-electron chi connectivity index (χ2n) is 4.72. The van der Waals surface area contributed by atoms with Crippen LogP contribution in [-0.2, 0) is 10.0 Å². The van der Waals surface area contributed by atoms with E-state index in [2.05, 4.69) is 11.8 Å². The molecule has 0 amide bonds. The standard InChI is InChI=1S/C15H20FNO3S/c1-4-17(12(2)3)21(19,20)14-9-8-13(15(16)11-14)7-5-6-10-18/h8-9,11-12,18H,4,6,10H2,1-3H3. The van der Waals surface area contributed by atoms with E-state index in [9.17, 15) is 12.8 Å². The number of nitrogens with zero attached hydrogens (tertiary/aromatic N) is 1. The number of benzene rings is 1. The molecule has 0 aliphatic heterocycles. The molecule has 1 aromatic rings. The molecule has 1 aromatic carbocycles. The van der Waals surface area contributed by atoms with Gasteiger partial charge in [-0.25, -0.2) is 12.8 Å². The average molecular weight is 313 g/mol. The summed E-state index contributed by atoms with van der Waals surface area (Å²) in [5.41, 5.74) is 0.120. The van der Waals surface area contributed by atoms with Crippen molar-refractivity contribution in [2.24, 2.45) is 0 Å². The smallest absolute Gasteiger partial charge is 0.243 e. The topological polar surface area (TPSA) is 57.6 Å². The highest BCUT2D eigenvalue weighted by atomic mass is 32.2. The first-order valence-electron chi connectivity index (χ1n) is 6.75. The van der Waals surface area contributed by atoms with Crippen molar-refractivity contribution in [3.8, 4) is 11.8 Å². The summed E-state index contributed by atoms with van der Waals surface area (Å²) in [6, 6.07) is 3.49.